The van der Waals surface area contributed by atoms with Crippen LogP contribution in [-0.2, 0) is 16.0 Å². The summed E-state index contributed by atoms with van der Waals surface area (Å²) in [5.74, 6) is -1.91. The van der Waals surface area contributed by atoms with E-state index in [1.54, 1.807) is 6.92 Å². The van der Waals surface area contributed by atoms with Crippen LogP contribution in [0.2, 0.25) is 0 Å². The molecule has 2 heterocycles. The lowest BCUT2D eigenvalue weighted by Crippen LogP contribution is -2.19. The first-order chi connectivity index (χ1) is 13.3. The standard InChI is InChI=1S/C18H15N3O6S/c1-8-13-15(23)20-11(21-16(13)28-14(8)18(26)27-2)7-12(22)19-10-5-3-9(4-6-10)17(24)25/h3-6H,7H2,1-2H3,(H,19,22)(H,24,25)(H,20,21,23). The van der Waals surface area contributed by atoms with Gasteiger partial charge in [-0.05, 0) is 36.8 Å². The van der Waals surface area contributed by atoms with Crippen molar-refractivity contribution in [1.29, 1.82) is 0 Å². The monoisotopic (exact) mass is 401 g/mol. The van der Waals surface area contributed by atoms with Crippen molar-refractivity contribution >= 4 is 45.1 Å². The average molecular weight is 401 g/mol. The number of carbonyl (C=O) groups excluding carboxylic acids is 2. The van der Waals surface area contributed by atoms with Crippen LogP contribution in [0.25, 0.3) is 10.2 Å². The fourth-order valence-electron chi connectivity index (χ4n) is 2.61. The van der Waals surface area contributed by atoms with Gasteiger partial charge >= 0.3 is 11.9 Å². The summed E-state index contributed by atoms with van der Waals surface area (Å²) >= 11 is 1.03. The van der Waals surface area contributed by atoms with Crippen LogP contribution in [-0.4, -0.2) is 40.0 Å². The quantitative estimate of drug-likeness (QED) is 0.555. The molecule has 28 heavy (non-hydrogen) atoms. The van der Waals surface area contributed by atoms with Crippen LogP contribution in [0.15, 0.2) is 29.1 Å². The predicted molar refractivity (Wildman–Crippen MR) is 102 cm³/mol. The Bertz CT molecular complexity index is 1150. The molecule has 0 saturated heterocycles. The number of aromatic carboxylic acids is 1. The number of thiophene rings is 1. The minimum Gasteiger partial charge on any atom is -0.478 e. The van der Waals surface area contributed by atoms with Gasteiger partial charge in [0.15, 0.2) is 0 Å². The van der Waals surface area contributed by atoms with E-state index in [9.17, 15) is 19.2 Å². The van der Waals surface area contributed by atoms with Crippen LogP contribution >= 0.6 is 11.3 Å². The molecule has 0 atom stereocenters. The van der Waals surface area contributed by atoms with Crippen molar-refractivity contribution < 1.29 is 24.2 Å². The number of methoxy groups -OCH3 is 1. The first-order valence-electron chi connectivity index (χ1n) is 8.04. The highest BCUT2D eigenvalue weighted by Gasteiger charge is 2.20. The number of rotatable bonds is 5. The number of hydrogen-bond acceptors (Lipinski definition) is 7. The molecule has 0 radical (unpaired) electrons. The summed E-state index contributed by atoms with van der Waals surface area (Å²) in [4.78, 5) is 54.7. The number of ether oxygens (including phenoxy) is 1. The van der Waals surface area contributed by atoms with Gasteiger partial charge in [0.1, 0.15) is 15.5 Å². The number of nitrogens with one attached hydrogen (secondary N) is 2. The molecule has 0 fully saturated rings. The van der Waals surface area contributed by atoms with E-state index < -0.39 is 23.4 Å². The summed E-state index contributed by atoms with van der Waals surface area (Å²) < 4.78 is 4.70. The summed E-state index contributed by atoms with van der Waals surface area (Å²) in [5.41, 5.74) is 0.555. The van der Waals surface area contributed by atoms with Gasteiger partial charge in [-0.3, -0.25) is 9.59 Å². The highest BCUT2D eigenvalue weighted by Crippen LogP contribution is 2.27. The number of esters is 1. The number of fused-ring (bicyclic) bond motifs is 1. The van der Waals surface area contributed by atoms with Crippen LogP contribution in [0.4, 0.5) is 5.69 Å². The number of carbonyl (C=O) groups is 3. The highest BCUT2D eigenvalue weighted by atomic mass is 32.1. The smallest absolute Gasteiger partial charge is 0.348 e. The fraction of sp³-hybridized carbons (Fsp3) is 0.167. The fourth-order valence-corrected chi connectivity index (χ4v) is 3.73. The number of aromatic amines is 1. The van der Waals surface area contributed by atoms with Crippen LogP contribution in [0.3, 0.4) is 0 Å². The van der Waals surface area contributed by atoms with Crippen LogP contribution in [0, 0.1) is 6.92 Å². The van der Waals surface area contributed by atoms with Crippen molar-refractivity contribution in [1.82, 2.24) is 9.97 Å². The van der Waals surface area contributed by atoms with E-state index in [-0.39, 0.29) is 22.7 Å². The molecule has 3 aromatic rings. The van der Waals surface area contributed by atoms with Gasteiger partial charge in [0.05, 0.1) is 24.5 Å². The highest BCUT2D eigenvalue weighted by molar-refractivity contribution is 7.20. The minimum atomic E-state index is -1.06. The summed E-state index contributed by atoms with van der Waals surface area (Å²) in [6.07, 6.45) is -0.198. The Kier molecular flexibility index (Phi) is 5.23. The second-order valence-electron chi connectivity index (χ2n) is 5.85. The average Bonchev–Trinajstić information content (AvgIpc) is 2.98. The second kappa shape index (κ2) is 7.61. The van der Waals surface area contributed by atoms with Gasteiger partial charge in [0.2, 0.25) is 5.91 Å². The molecule has 3 rings (SSSR count). The zero-order valence-corrected chi connectivity index (χ0v) is 15.7. The Morgan fingerprint density at radius 2 is 1.93 bits per heavy atom. The molecule has 3 N–H and O–H groups in total. The number of carboxylic acid groups (broad SMARTS) is 1. The molecule has 0 aliphatic rings. The summed E-state index contributed by atoms with van der Waals surface area (Å²) in [6, 6.07) is 5.66. The zero-order valence-electron chi connectivity index (χ0n) is 14.9. The summed E-state index contributed by atoms with van der Waals surface area (Å²) in [6.45, 7) is 1.63. The third kappa shape index (κ3) is 3.76. The molecule has 9 nitrogen and oxygen atoms in total. The maximum atomic E-state index is 12.4. The second-order valence-corrected chi connectivity index (χ2v) is 6.85. The Morgan fingerprint density at radius 1 is 1.25 bits per heavy atom. The number of aromatic nitrogens is 2. The number of aryl methyl sites for hydroxylation is 1. The maximum Gasteiger partial charge on any atom is 0.348 e. The molecule has 1 amide bonds. The molecule has 0 unspecified atom stereocenters. The Hall–Kier alpha value is -3.53. The maximum absolute atomic E-state index is 12.4. The van der Waals surface area contributed by atoms with Gasteiger partial charge in [0, 0.05) is 5.69 Å². The van der Waals surface area contributed by atoms with Gasteiger partial charge in [-0.1, -0.05) is 0 Å². The minimum absolute atomic E-state index is 0.101. The van der Waals surface area contributed by atoms with Crippen molar-refractivity contribution in [3.8, 4) is 0 Å². The number of H-pyrrole nitrogens is 1. The van der Waals surface area contributed by atoms with E-state index in [1.165, 1.54) is 31.4 Å². The van der Waals surface area contributed by atoms with Crippen molar-refractivity contribution in [2.75, 3.05) is 12.4 Å². The molecule has 2 aromatic heterocycles. The molecule has 1 aromatic carbocycles. The van der Waals surface area contributed by atoms with E-state index in [0.29, 0.717) is 21.5 Å². The molecule has 0 bridgehead atoms. The number of benzene rings is 1. The molecular formula is C18H15N3O6S. The lowest BCUT2D eigenvalue weighted by atomic mass is 10.2. The lowest BCUT2D eigenvalue weighted by Gasteiger charge is -2.05. The normalized spacial score (nSPS) is 10.6. The van der Waals surface area contributed by atoms with E-state index in [2.05, 4.69) is 15.3 Å². The number of hydrogen-bond donors (Lipinski definition) is 3. The van der Waals surface area contributed by atoms with Crippen molar-refractivity contribution in [2.45, 2.75) is 13.3 Å². The largest absolute Gasteiger partial charge is 0.478 e. The SMILES string of the molecule is COC(=O)c1sc2nc(CC(=O)Nc3ccc(C(=O)O)cc3)[nH]c(=O)c2c1C. The van der Waals surface area contributed by atoms with Crippen LogP contribution in [0.5, 0.6) is 0 Å². The predicted octanol–water partition coefficient (Wildman–Crippen LogP) is 1.96. The van der Waals surface area contributed by atoms with E-state index in [4.69, 9.17) is 9.84 Å². The molecule has 0 spiro atoms. The first kappa shape index (κ1) is 19.2. The third-order valence-electron chi connectivity index (χ3n) is 3.96. The Labute approximate surface area is 162 Å². The van der Waals surface area contributed by atoms with E-state index in [1.807, 2.05) is 0 Å². The van der Waals surface area contributed by atoms with E-state index in [0.717, 1.165) is 11.3 Å². The molecule has 0 aliphatic carbocycles. The van der Waals surface area contributed by atoms with Gasteiger partial charge < -0.3 is 20.1 Å². The number of nitrogens with zero attached hydrogens (tertiary/aromatic N) is 1. The van der Waals surface area contributed by atoms with Crippen LogP contribution in [0.1, 0.15) is 31.4 Å². The zero-order chi connectivity index (χ0) is 20.4. The van der Waals surface area contributed by atoms with Gasteiger partial charge in [-0.25, -0.2) is 14.6 Å². The van der Waals surface area contributed by atoms with Crippen LogP contribution < -0.4 is 10.9 Å². The van der Waals surface area contributed by atoms with Gasteiger partial charge in [-0.15, -0.1) is 11.3 Å². The number of carboxylic acids is 1. The number of amides is 1. The van der Waals surface area contributed by atoms with Crippen molar-refractivity contribution in [2.24, 2.45) is 0 Å². The topological polar surface area (TPSA) is 138 Å². The summed E-state index contributed by atoms with van der Waals surface area (Å²) in [7, 11) is 1.25. The Balaban J connectivity index is 1.82. The van der Waals surface area contributed by atoms with Crippen molar-refractivity contribution in [3.05, 3.63) is 56.4 Å². The third-order valence-corrected chi connectivity index (χ3v) is 5.13. The molecule has 144 valence electrons. The molecule has 0 aliphatic heterocycles. The Morgan fingerprint density at radius 3 is 2.54 bits per heavy atom. The number of anilines is 1. The van der Waals surface area contributed by atoms with Crippen molar-refractivity contribution in [3.63, 3.8) is 0 Å². The molecule has 0 saturated carbocycles. The van der Waals surface area contributed by atoms with Gasteiger partial charge in [-0.2, -0.15) is 0 Å². The molecular weight excluding hydrogens is 386 g/mol. The van der Waals surface area contributed by atoms with E-state index >= 15 is 0 Å². The lowest BCUT2D eigenvalue weighted by molar-refractivity contribution is -0.115. The molecule has 10 heteroatoms. The first-order valence-corrected chi connectivity index (χ1v) is 8.85. The summed E-state index contributed by atoms with van der Waals surface area (Å²) in [5, 5.41) is 11.8. The van der Waals surface area contributed by atoms with Gasteiger partial charge in [0.25, 0.3) is 5.56 Å².